The van der Waals surface area contributed by atoms with Gasteiger partial charge in [0.1, 0.15) is 0 Å². The average Bonchev–Trinajstić information content (AvgIpc) is 3.15. The van der Waals surface area contributed by atoms with Crippen LogP contribution in [-0.2, 0) is 11.3 Å². The zero-order valence-corrected chi connectivity index (χ0v) is 16.5. The highest BCUT2D eigenvalue weighted by molar-refractivity contribution is 5.98. The first kappa shape index (κ1) is 18.3. The summed E-state index contributed by atoms with van der Waals surface area (Å²) in [5.74, 6) is 0.586. The Morgan fingerprint density at radius 1 is 1.17 bits per heavy atom. The second-order valence-electron chi connectivity index (χ2n) is 8.05. The molecule has 2 fully saturated rings. The predicted molar refractivity (Wildman–Crippen MR) is 112 cm³/mol. The molecule has 0 radical (unpaired) electrons. The molecule has 1 amide bonds. The Morgan fingerprint density at radius 3 is 2.97 bits per heavy atom. The summed E-state index contributed by atoms with van der Waals surface area (Å²) in [5.41, 5.74) is 3.01. The Labute approximate surface area is 170 Å². The Hall–Kier alpha value is -2.70. The fraction of sp³-hybridized carbons (Fsp3) is 0.391. The number of piperidine rings is 1. The van der Waals surface area contributed by atoms with Gasteiger partial charge in [-0.2, -0.15) is 0 Å². The van der Waals surface area contributed by atoms with Crippen molar-refractivity contribution in [1.82, 2.24) is 19.8 Å². The van der Waals surface area contributed by atoms with Gasteiger partial charge in [0.25, 0.3) is 5.91 Å². The Balaban J connectivity index is 1.35. The fourth-order valence-corrected chi connectivity index (χ4v) is 4.64. The van der Waals surface area contributed by atoms with Gasteiger partial charge < -0.3 is 14.6 Å². The van der Waals surface area contributed by atoms with Crippen LogP contribution in [0.5, 0.6) is 0 Å². The van der Waals surface area contributed by atoms with Crippen molar-refractivity contribution in [3.05, 3.63) is 66.1 Å². The summed E-state index contributed by atoms with van der Waals surface area (Å²) < 4.78 is 5.89. The second kappa shape index (κ2) is 7.97. The van der Waals surface area contributed by atoms with E-state index in [1.807, 2.05) is 47.8 Å². The number of hydrogen-bond acceptors (Lipinski definition) is 4. The number of nitrogens with zero attached hydrogens (tertiary/aromatic N) is 3. The van der Waals surface area contributed by atoms with Crippen LogP contribution >= 0.6 is 0 Å². The Morgan fingerprint density at radius 2 is 2.07 bits per heavy atom. The molecule has 0 spiro atoms. The summed E-state index contributed by atoms with van der Waals surface area (Å²) in [6, 6.07) is 12.4. The molecule has 2 aliphatic rings. The quantitative estimate of drug-likeness (QED) is 0.747. The van der Waals surface area contributed by atoms with E-state index < -0.39 is 0 Å². The molecule has 1 aromatic carbocycles. The Bertz CT molecular complexity index is 987. The summed E-state index contributed by atoms with van der Waals surface area (Å²) in [5, 5.41) is 1.13. The van der Waals surface area contributed by atoms with E-state index in [1.54, 1.807) is 0 Å². The molecule has 29 heavy (non-hydrogen) atoms. The summed E-state index contributed by atoms with van der Waals surface area (Å²) in [6.45, 7) is 4.82. The van der Waals surface area contributed by atoms with E-state index in [0.717, 1.165) is 62.3 Å². The first-order chi connectivity index (χ1) is 14.3. The normalized spacial score (nSPS) is 23.0. The molecular weight excluding hydrogens is 364 g/mol. The van der Waals surface area contributed by atoms with Crippen LogP contribution in [-0.4, -0.2) is 64.6 Å². The average molecular weight is 390 g/mol. The van der Waals surface area contributed by atoms with E-state index in [9.17, 15) is 4.79 Å². The topological polar surface area (TPSA) is 61.5 Å². The number of amides is 1. The van der Waals surface area contributed by atoms with Crippen LogP contribution in [0.1, 0.15) is 22.3 Å². The summed E-state index contributed by atoms with van der Waals surface area (Å²) in [7, 11) is 0. The summed E-state index contributed by atoms with van der Waals surface area (Å²) in [4.78, 5) is 25.1. The van der Waals surface area contributed by atoms with Gasteiger partial charge in [-0.25, -0.2) is 0 Å². The number of fused-ring (bicyclic) bond motifs is 2. The lowest BCUT2D eigenvalue weighted by atomic mass is 9.90. The van der Waals surface area contributed by atoms with Gasteiger partial charge >= 0.3 is 0 Å². The number of H-pyrrole nitrogens is 1. The number of nitrogens with one attached hydrogen (secondary N) is 1. The van der Waals surface area contributed by atoms with Crippen molar-refractivity contribution in [2.45, 2.75) is 19.0 Å². The maximum Gasteiger partial charge on any atom is 0.253 e. The molecule has 2 atom stereocenters. The van der Waals surface area contributed by atoms with Gasteiger partial charge in [0.2, 0.25) is 0 Å². The van der Waals surface area contributed by atoms with Crippen LogP contribution in [0.15, 0.2) is 55.0 Å². The van der Waals surface area contributed by atoms with Crippen molar-refractivity contribution in [3.63, 3.8) is 0 Å². The number of rotatable bonds is 3. The highest BCUT2D eigenvalue weighted by Gasteiger charge is 2.37. The van der Waals surface area contributed by atoms with Crippen molar-refractivity contribution >= 4 is 16.8 Å². The lowest BCUT2D eigenvalue weighted by molar-refractivity contribution is 0.0371. The summed E-state index contributed by atoms with van der Waals surface area (Å²) >= 11 is 0. The number of pyridine rings is 1. The lowest BCUT2D eigenvalue weighted by Crippen LogP contribution is -2.54. The highest BCUT2D eigenvalue weighted by atomic mass is 16.5. The van der Waals surface area contributed by atoms with Gasteiger partial charge in [-0.15, -0.1) is 0 Å². The lowest BCUT2D eigenvalue weighted by Gasteiger charge is -2.42. The third kappa shape index (κ3) is 3.78. The molecule has 0 bridgehead atoms. The van der Waals surface area contributed by atoms with E-state index in [0.29, 0.717) is 12.0 Å². The molecule has 3 aromatic rings. The molecule has 1 N–H and O–H groups in total. The number of carbonyl (C=O) groups is 1. The van der Waals surface area contributed by atoms with Gasteiger partial charge in [0.05, 0.1) is 13.2 Å². The van der Waals surface area contributed by atoms with Gasteiger partial charge in [-0.05, 0) is 47.7 Å². The van der Waals surface area contributed by atoms with E-state index in [4.69, 9.17) is 4.74 Å². The number of carbonyl (C=O) groups excluding carboxylic acids is 1. The molecule has 2 aliphatic heterocycles. The molecule has 0 aliphatic carbocycles. The van der Waals surface area contributed by atoms with Crippen LogP contribution in [0.4, 0.5) is 0 Å². The number of benzene rings is 1. The van der Waals surface area contributed by atoms with Crippen molar-refractivity contribution < 1.29 is 9.53 Å². The van der Waals surface area contributed by atoms with Crippen molar-refractivity contribution in [1.29, 1.82) is 0 Å². The molecule has 2 saturated heterocycles. The minimum Gasteiger partial charge on any atom is -0.380 e. The van der Waals surface area contributed by atoms with E-state index in [2.05, 4.69) is 27.0 Å². The van der Waals surface area contributed by atoms with Crippen molar-refractivity contribution in [2.24, 2.45) is 5.92 Å². The number of likely N-dealkylation sites (tertiary alicyclic amines) is 1. The SMILES string of the molecule is O=C(c1ccc2cc[nH]c2c1)N1CC[C@@H]2COCCN(Cc3ccncc3)[C@@H]2C1. The van der Waals surface area contributed by atoms with Gasteiger partial charge in [-0.1, -0.05) is 6.07 Å². The maximum absolute atomic E-state index is 13.2. The van der Waals surface area contributed by atoms with E-state index >= 15 is 0 Å². The molecule has 5 rings (SSSR count). The van der Waals surface area contributed by atoms with Crippen molar-refractivity contribution in [2.75, 3.05) is 32.8 Å². The predicted octanol–water partition coefficient (Wildman–Crippen LogP) is 2.93. The van der Waals surface area contributed by atoms with E-state index in [1.165, 1.54) is 5.56 Å². The third-order valence-electron chi connectivity index (χ3n) is 6.27. The monoisotopic (exact) mass is 390 g/mol. The Kier molecular flexibility index (Phi) is 5.04. The minimum absolute atomic E-state index is 0.119. The number of hydrogen-bond donors (Lipinski definition) is 1. The van der Waals surface area contributed by atoms with Crippen LogP contribution in [0, 0.1) is 5.92 Å². The van der Waals surface area contributed by atoms with Crippen LogP contribution in [0.25, 0.3) is 10.9 Å². The molecule has 6 nitrogen and oxygen atoms in total. The van der Waals surface area contributed by atoms with Crippen LogP contribution < -0.4 is 0 Å². The first-order valence-corrected chi connectivity index (χ1v) is 10.3. The van der Waals surface area contributed by atoms with Gasteiger partial charge in [-0.3, -0.25) is 14.7 Å². The molecule has 2 aromatic heterocycles. The smallest absolute Gasteiger partial charge is 0.253 e. The van der Waals surface area contributed by atoms with Gasteiger partial charge in [0, 0.05) is 67.8 Å². The molecule has 4 heterocycles. The molecule has 6 heteroatoms. The largest absolute Gasteiger partial charge is 0.380 e. The molecule has 0 unspecified atom stereocenters. The molecule has 150 valence electrons. The zero-order chi connectivity index (χ0) is 19.6. The number of aromatic nitrogens is 2. The maximum atomic E-state index is 13.2. The number of ether oxygens (including phenoxy) is 1. The van der Waals surface area contributed by atoms with E-state index in [-0.39, 0.29) is 5.91 Å². The minimum atomic E-state index is 0.119. The van der Waals surface area contributed by atoms with Crippen LogP contribution in [0.3, 0.4) is 0 Å². The molecular formula is C23H26N4O2. The standard InChI is InChI=1S/C23H26N4O2/c28-23(19-2-1-18-5-9-25-21(18)13-19)27-10-6-20-16-29-12-11-26(22(20)15-27)14-17-3-7-24-8-4-17/h1-5,7-9,13,20,22,25H,6,10-12,14-16H2/t20-,22-/m1/s1. The first-order valence-electron chi connectivity index (χ1n) is 10.3. The summed E-state index contributed by atoms with van der Waals surface area (Å²) in [6.07, 6.45) is 6.57. The van der Waals surface area contributed by atoms with Crippen LogP contribution in [0.2, 0.25) is 0 Å². The fourth-order valence-electron chi connectivity index (χ4n) is 4.64. The third-order valence-corrected chi connectivity index (χ3v) is 6.27. The molecule has 0 saturated carbocycles. The number of aromatic amines is 1. The second-order valence-corrected chi connectivity index (χ2v) is 8.05. The van der Waals surface area contributed by atoms with Crippen molar-refractivity contribution in [3.8, 4) is 0 Å². The highest BCUT2D eigenvalue weighted by Crippen LogP contribution is 2.28. The zero-order valence-electron chi connectivity index (χ0n) is 16.5. The van der Waals surface area contributed by atoms with Gasteiger partial charge in [0.15, 0.2) is 0 Å².